The summed E-state index contributed by atoms with van der Waals surface area (Å²) in [6.07, 6.45) is 7.88. The van der Waals surface area contributed by atoms with Crippen molar-refractivity contribution in [1.82, 2.24) is 14.5 Å². The maximum absolute atomic E-state index is 12.8. The fraction of sp³-hybridized carbons (Fsp3) is 0.467. The number of aromatic nitrogens is 2. The molecule has 0 bridgehead atoms. The van der Waals surface area contributed by atoms with Gasteiger partial charge in [0.2, 0.25) is 0 Å². The zero-order chi connectivity index (χ0) is 13.9. The third-order valence-corrected chi connectivity index (χ3v) is 4.33. The highest BCUT2D eigenvalue weighted by atomic mass is 35.5. The van der Waals surface area contributed by atoms with Crippen molar-refractivity contribution in [2.75, 3.05) is 12.4 Å². The number of hydrogen-bond donors (Lipinski definition) is 0. The Bertz CT molecular complexity index is 610. The molecule has 0 aromatic carbocycles. The van der Waals surface area contributed by atoms with E-state index in [-0.39, 0.29) is 11.9 Å². The number of carbonyl (C=O) groups excluding carboxylic acids is 1. The van der Waals surface area contributed by atoms with Gasteiger partial charge in [-0.05, 0) is 25.0 Å². The Kier molecular flexibility index (Phi) is 3.92. The molecule has 1 atom stereocenters. The number of halogens is 1. The predicted octanol–water partition coefficient (Wildman–Crippen LogP) is 2.96. The summed E-state index contributed by atoms with van der Waals surface area (Å²) in [5.74, 6) is 0.559. The summed E-state index contributed by atoms with van der Waals surface area (Å²) in [6, 6.07) is 5.90. The monoisotopic (exact) mass is 291 g/mol. The normalized spacial score (nSPS) is 20.1. The molecule has 1 aliphatic rings. The van der Waals surface area contributed by atoms with Crippen LogP contribution in [0.25, 0.3) is 5.52 Å². The zero-order valence-corrected chi connectivity index (χ0v) is 12.1. The first kappa shape index (κ1) is 13.4. The number of carbonyl (C=O) groups is 1. The second kappa shape index (κ2) is 5.83. The number of alkyl halides is 1. The molecule has 0 aliphatic carbocycles. The van der Waals surface area contributed by atoms with E-state index in [1.165, 1.54) is 6.42 Å². The molecule has 2 aromatic heterocycles. The van der Waals surface area contributed by atoms with Gasteiger partial charge >= 0.3 is 0 Å². The maximum atomic E-state index is 12.8. The zero-order valence-electron chi connectivity index (χ0n) is 11.3. The van der Waals surface area contributed by atoms with Crippen molar-refractivity contribution in [2.45, 2.75) is 31.7 Å². The molecular formula is C15H18ClN3O. The van der Waals surface area contributed by atoms with Crippen molar-refractivity contribution in [3.63, 3.8) is 0 Å². The van der Waals surface area contributed by atoms with E-state index in [0.717, 1.165) is 31.3 Å². The average Bonchev–Trinajstić information content (AvgIpc) is 2.76. The summed E-state index contributed by atoms with van der Waals surface area (Å²) in [5.41, 5.74) is 1.53. The molecule has 106 valence electrons. The van der Waals surface area contributed by atoms with Gasteiger partial charge in [0.25, 0.3) is 5.91 Å². The van der Waals surface area contributed by atoms with E-state index in [1.807, 2.05) is 29.3 Å². The lowest BCUT2D eigenvalue weighted by atomic mass is 10.1. The lowest BCUT2D eigenvalue weighted by Crippen LogP contribution is -2.41. The Morgan fingerprint density at radius 1 is 1.35 bits per heavy atom. The van der Waals surface area contributed by atoms with Crippen LogP contribution in [0.2, 0.25) is 0 Å². The van der Waals surface area contributed by atoms with Crippen molar-refractivity contribution < 1.29 is 4.79 Å². The maximum Gasteiger partial charge on any atom is 0.257 e. The van der Waals surface area contributed by atoms with Crippen LogP contribution in [0.3, 0.4) is 0 Å². The third kappa shape index (κ3) is 2.40. The SMILES string of the molecule is O=C(c1cnn2ccccc12)N1CCCCCC1CCl. The molecule has 4 nitrogen and oxygen atoms in total. The van der Waals surface area contributed by atoms with E-state index in [4.69, 9.17) is 11.6 Å². The van der Waals surface area contributed by atoms with E-state index in [1.54, 1.807) is 10.7 Å². The van der Waals surface area contributed by atoms with Gasteiger partial charge < -0.3 is 4.90 Å². The van der Waals surface area contributed by atoms with Crippen LogP contribution >= 0.6 is 11.6 Å². The summed E-state index contributed by atoms with van der Waals surface area (Å²) in [5, 5.41) is 4.25. The van der Waals surface area contributed by atoms with Gasteiger partial charge in [0.05, 0.1) is 17.3 Å². The summed E-state index contributed by atoms with van der Waals surface area (Å²) in [4.78, 5) is 14.7. The van der Waals surface area contributed by atoms with Crippen LogP contribution in [0.15, 0.2) is 30.6 Å². The summed E-state index contributed by atoms with van der Waals surface area (Å²) in [6.45, 7) is 0.792. The molecule has 1 unspecified atom stereocenters. The van der Waals surface area contributed by atoms with Gasteiger partial charge in [-0.1, -0.05) is 18.9 Å². The molecule has 2 aromatic rings. The third-order valence-electron chi connectivity index (χ3n) is 3.97. The molecule has 5 heteroatoms. The largest absolute Gasteiger partial charge is 0.334 e. The lowest BCUT2D eigenvalue weighted by molar-refractivity contribution is 0.0702. The van der Waals surface area contributed by atoms with Gasteiger partial charge in [0.1, 0.15) is 0 Å². The Morgan fingerprint density at radius 3 is 3.10 bits per heavy atom. The highest BCUT2D eigenvalue weighted by Gasteiger charge is 2.27. The highest BCUT2D eigenvalue weighted by Crippen LogP contribution is 2.22. The van der Waals surface area contributed by atoms with Gasteiger partial charge in [-0.3, -0.25) is 4.79 Å². The van der Waals surface area contributed by atoms with Crippen LogP contribution < -0.4 is 0 Å². The molecular weight excluding hydrogens is 274 g/mol. The average molecular weight is 292 g/mol. The Morgan fingerprint density at radius 2 is 2.25 bits per heavy atom. The lowest BCUT2D eigenvalue weighted by Gasteiger charge is -2.28. The molecule has 0 N–H and O–H groups in total. The van der Waals surface area contributed by atoms with Gasteiger partial charge in [0.15, 0.2) is 0 Å². The van der Waals surface area contributed by atoms with E-state index in [9.17, 15) is 4.79 Å². The molecule has 0 saturated carbocycles. The number of fused-ring (bicyclic) bond motifs is 1. The van der Waals surface area contributed by atoms with Crippen LogP contribution in [0.1, 0.15) is 36.0 Å². The van der Waals surface area contributed by atoms with Crippen LogP contribution in [0.4, 0.5) is 0 Å². The standard InChI is InChI=1S/C15H18ClN3O/c16-10-12-6-2-1-4-8-18(12)15(20)13-11-17-19-9-5-3-7-14(13)19/h3,5,7,9,11-12H,1-2,4,6,8,10H2. The molecule has 3 rings (SSSR count). The second-order valence-corrected chi connectivity index (χ2v) is 5.55. The molecule has 3 heterocycles. The first-order chi connectivity index (χ1) is 9.81. The van der Waals surface area contributed by atoms with Crippen molar-refractivity contribution in [3.8, 4) is 0 Å². The molecule has 0 radical (unpaired) electrons. The minimum absolute atomic E-state index is 0.0544. The number of amides is 1. The molecule has 0 spiro atoms. The Balaban J connectivity index is 1.94. The van der Waals surface area contributed by atoms with Crippen LogP contribution in [-0.4, -0.2) is 38.9 Å². The Labute approximate surface area is 123 Å². The number of hydrogen-bond acceptors (Lipinski definition) is 2. The molecule has 1 fully saturated rings. The van der Waals surface area contributed by atoms with Gasteiger partial charge in [0, 0.05) is 24.7 Å². The van der Waals surface area contributed by atoms with Crippen LogP contribution in [0.5, 0.6) is 0 Å². The van der Waals surface area contributed by atoms with Crippen LogP contribution in [0, 0.1) is 0 Å². The number of pyridine rings is 1. The van der Waals surface area contributed by atoms with E-state index in [0.29, 0.717) is 11.4 Å². The smallest absolute Gasteiger partial charge is 0.257 e. The topological polar surface area (TPSA) is 37.6 Å². The molecule has 1 aliphatic heterocycles. The predicted molar refractivity (Wildman–Crippen MR) is 79.2 cm³/mol. The quantitative estimate of drug-likeness (QED) is 0.798. The number of nitrogens with zero attached hydrogens (tertiary/aromatic N) is 3. The summed E-state index contributed by atoms with van der Waals surface area (Å²) >= 11 is 6.06. The van der Waals surface area contributed by atoms with Crippen molar-refractivity contribution in [2.24, 2.45) is 0 Å². The van der Waals surface area contributed by atoms with Crippen molar-refractivity contribution >= 4 is 23.0 Å². The van der Waals surface area contributed by atoms with E-state index >= 15 is 0 Å². The van der Waals surface area contributed by atoms with Gasteiger partial charge in [-0.2, -0.15) is 5.10 Å². The second-order valence-electron chi connectivity index (χ2n) is 5.24. The molecule has 1 saturated heterocycles. The molecule has 1 amide bonds. The Hall–Kier alpha value is -1.55. The number of likely N-dealkylation sites (tertiary alicyclic amines) is 1. The fourth-order valence-electron chi connectivity index (χ4n) is 2.86. The highest BCUT2D eigenvalue weighted by molar-refractivity contribution is 6.18. The first-order valence-corrected chi connectivity index (χ1v) is 7.64. The fourth-order valence-corrected chi connectivity index (χ4v) is 3.18. The summed E-state index contributed by atoms with van der Waals surface area (Å²) < 4.78 is 1.74. The van der Waals surface area contributed by atoms with Gasteiger partial charge in [-0.15, -0.1) is 11.6 Å². The van der Waals surface area contributed by atoms with E-state index in [2.05, 4.69) is 5.10 Å². The minimum Gasteiger partial charge on any atom is -0.334 e. The van der Waals surface area contributed by atoms with Gasteiger partial charge in [-0.25, -0.2) is 4.52 Å². The van der Waals surface area contributed by atoms with Crippen molar-refractivity contribution in [1.29, 1.82) is 0 Å². The van der Waals surface area contributed by atoms with Crippen LogP contribution in [-0.2, 0) is 0 Å². The number of rotatable bonds is 2. The first-order valence-electron chi connectivity index (χ1n) is 7.10. The van der Waals surface area contributed by atoms with Crippen molar-refractivity contribution in [3.05, 3.63) is 36.2 Å². The minimum atomic E-state index is 0.0544. The molecule has 20 heavy (non-hydrogen) atoms. The van der Waals surface area contributed by atoms with E-state index < -0.39 is 0 Å². The summed E-state index contributed by atoms with van der Waals surface area (Å²) in [7, 11) is 0.